The lowest BCUT2D eigenvalue weighted by molar-refractivity contribution is -0.115. The predicted octanol–water partition coefficient (Wildman–Crippen LogP) is 6.41. The highest BCUT2D eigenvalue weighted by Gasteiger charge is 2.18. The second-order valence-electron chi connectivity index (χ2n) is 8.00. The molecule has 0 fully saturated rings. The van der Waals surface area contributed by atoms with Crippen LogP contribution in [0.4, 0.5) is 11.4 Å². The molecule has 1 rings (SSSR count). The third-order valence-corrected chi connectivity index (χ3v) is 5.67. The van der Waals surface area contributed by atoms with Crippen molar-refractivity contribution in [3.05, 3.63) is 59.7 Å². The molecule has 4 nitrogen and oxygen atoms in total. The molecule has 0 radical (unpaired) electrons. The Balaban J connectivity index is 3.37. The zero-order valence-corrected chi connectivity index (χ0v) is 20.2. The van der Waals surface area contributed by atoms with E-state index in [4.69, 9.17) is 0 Å². The fourth-order valence-corrected chi connectivity index (χ4v) is 3.69. The van der Waals surface area contributed by atoms with Crippen LogP contribution < -0.4 is 10.2 Å². The molecule has 0 aromatic heterocycles. The van der Waals surface area contributed by atoms with E-state index in [2.05, 4.69) is 53.6 Å². The number of rotatable bonds is 15. The van der Waals surface area contributed by atoms with Crippen molar-refractivity contribution in [1.29, 1.82) is 0 Å². The van der Waals surface area contributed by atoms with Gasteiger partial charge >= 0.3 is 0 Å². The number of nitrogens with one attached hydrogen (secondary N) is 1. The highest BCUT2D eigenvalue weighted by molar-refractivity contribution is 5.95. The van der Waals surface area contributed by atoms with Crippen molar-refractivity contribution >= 4 is 23.9 Å². The number of carbonyl (C=O) groups is 1. The molecule has 0 spiro atoms. The van der Waals surface area contributed by atoms with Crippen LogP contribution in [0.5, 0.6) is 0 Å². The lowest BCUT2D eigenvalue weighted by atomic mass is 9.98. The van der Waals surface area contributed by atoms with Gasteiger partial charge in [-0.15, -0.1) is 6.58 Å². The summed E-state index contributed by atoms with van der Waals surface area (Å²) in [4.78, 5) is 18.8. The number of benzene rings is 1. The van der Waals surface area contributed by atoms with Gasteiger partial charge < -0.3 is 10.2 Å². The third-order valence-electron chi connectivity index (χ3n) is 5.67. The Morgan fingerprint density at radius 1 is 1.32 bits per heavy atom. The number of hydrogen-bond donors (Lipinski definition) is 1. The molecule has 0 aliphatic rings. The summed E-state index contributed by atoms with van der Waals surface area (Å²) in [6.07, 6.45) is 9.88. The Hall–Kier alpha value is -2.46. The largest absolute Gasteiger partial charge is 0.365 e. The minimum atomic E-state index is 0.188. The standard InChI is InChI=1S/C27H41N3O/c1-8-12-13-22(9-2)19-30(20-23(10-3)16-21(5)27(31)11-4)26-17-24(18-28-6)14-15-25(26)29-7/h8,10,14-17,22,28H,1,7,9,11-13,18-20H2,2-6H3/b21-16-,23-10+. The molecule has 0 saturated heterocycles. The van der Waals surface area contributed by atoms with E-state index >= 15 is 0 Å². The SMILES string of the molecule is C=CCCC(CC)CN(CC(/C=C(/C)C(=O)CC)=C/C)c1cc(CNC)ccc1N=C. The molecule has 1 aromatic rings. The van der Waals surface area contributed by atoms with Crippen LogP contribution in [0, 0.1) is 5.92 Å². The molecule has 31 heavy (non-hydrogen) atoms. The molecule has 0 heterocycles. The second kappa shape index (κ2) is 14.5. The first-order valence-corrected chi connectivity index (χ1v) is 11.4. The van der Waals surface area contributed by atoms with E-state index in [0.29, 0.717) is 12.3 Å². The first-order valence-electron chi connectivity index (χ1n) is 11.4. The summed E-state index contributed by atoms with van der Waals surface area (Å²) in [5.74, 6) is 0.733. The second-order valence-corrected chi connectivity index (χ2v) is 8.00. The number of aliphatic imine (C=N–C) groups is 1. The van der Waals surface area contributed by atoms with Gasteiger partial charge in [0.25, 0.3) is 0 Å². The molecule has 0 bridgehead atoms. The molecule has 0 aliphatic heterocycles. The maximum atomic E-state index is 12.1. The van der Waals surface area contributed by atoms with Crippen molar-refractivity contribution in [2.75, 3.05) is 25.0 Å². The van der Waals surface area contributed by atoms with E-state index in [0.717, 1.165) is 61.4 Å². The van der Waals surface area contributed by atoms with Crippen LogP contribution in [0.25, 0.3) is 0 Å². The molecule has 4 heteroatoms. The maximum absolute atomic E-state index is 12.1. The minimum absolute atomic E-state index is 0.188. The summed E-state index contributed by atoms with van der Waals surface area (Å²) in [5.41, 5.74) is 5.13. The van der Waals surface area contributed by atoms with Crippen LogP contribution in [0.15, 0.2) is 59.1 Å². The predicted molar refractivity (Wildman–Crippen MR) is 137 cm³/mol. The third kappa shape index (κ3) is 8.66. The fourth-order valence-electron chi connectivity index (χ4n) is 3.69. The molecule has 0 saturated carbocycles. The zero-order chi connectivity index (χ0) is 23.2. The van der Waals surface area contributed by atoms with E-state index in [1.165, 1.54) is 5.56 Å². The lowest BCUT2D eigenvalue weighted by Gasteiger charge is -2.31. The van der Waals surface area contributed by atoms with Crippen molar-refractivity contribution in [1.82, 2.24) is 5.32 Å². The van der Waals surface area contributed by atoms with Gasteiger partial charge in [-0.2, -0.15) is 0 Å². The first-order chi connectivity index (χ1) is 14.9. The Morgan fingerprint density at radius 2 is 2.06 bits per heavy atom. The van der Waals surface area contributed by atoms with Crippen molar-refractivity contribution in [3.63, 3.8) is 0 Å². The van der Waals surface area contributed by atoms with Gasteiger partial charge in [-0.3, -0.25) is 9.79 Å². The number of allylic oxidation sites excluding steroid dienone is 3. The van der Waals surface area contributed by atoms with Gasteiger partial charge in [-0.25, -0.2) is 0 Å². The minimum Gasteiger partial charge on any atom is -0.365 e. The van der Waals surface area contributed by atoms with Crippen molar-refractivity contribution < 1.29 is 4.79 Å². The van der Waals surface area contributed by atoms with Gasteiger partial charge in [0.05, 0.1) is 11.4 Å². The Kier molecular flexibility index (Phi) is 12.5. The number of Topliss-reactive ketones (excluding diaryl/α,β-unsaturated/α-hetero) is 1. The molecule has 170 valence electrons. The van der Waals surface area contributed by atoms with Gasteiger partial charge in [-0.1, -0.05) is 44.6 Å². The topological polar surface area (TPSA) is 44.7 Å². The number of nitrogens with zero attached hydrogens (tertiary/aromatic N) is 2. The van der Waals surface area contributed by atoms with Crippen LogP contribution in [0.3, 0.4) is 0 Å². The number of anilines is 1. The van der Waals surface area contributed by atoms with Crippen molar-refractivity contribution in [2.45, 2.75) is 59.9 Å². The lowest BCUT2D eigenvalue weighted by Crippen LogP contribution is -2.31. The summed E-state index contributed by atoms with van der Waals surface area (Å²) in [7, 11) is 1.95. The van der Waals surface area contributed by atoms with Crippen LogP contribution in [0.2, 0.25) is 0 Å². The first kappa shape index (κ1) is 26.6. The monoisotopic (exact) mass is 423 g/mol. The van der Waals surface area contributed by atoms with Gasteiger partial charge in [0, 0.05) is 26.1 Å². The van der Waals surface area contributed by atoms with Crippen LogP contribution in [-0.2, 0) is 11.3 Å². The maximum Gasteiger partial charge on any atom is 0.158 e. The van der Waals surface area contributed by atoms with E-state index < -0.39 is 0 Å². The summed E-state index contributed by atoms with van der Waals surface area (Å²) in [6, 6.07) is 6.35. The zero-order valence-electron chi connectivity index (χ0n) is 20.2. The molecule has 1 N–H and O–H groups in total. The van der Waals surface area contributed by atoms with Gasteiger partial charge in [-0.05, 0) is 75.2 Å². The summed E-state index contributed by atoms with van der Waals surface area (Å²) < 4.78 is 0. The molecule has 0 aliphatic carbocycles. The fraction of sp³-hybridized carbons (Fsp3) is 0.481. The highest BCUT2D eigenvalue weighted by atomic mass is 16.1. The van der Waals surface area contributed by atoms with E-state index in [-0.39, 0.29) is 5.78 Å². The summed E-state index contributed by atoms with van der Waals surface area (Å²) in [6.45, 7) is 18.2. The molecule has 1 aromatic carbocycles. The quantitative estimate of drug-likeness (QED) is 0.153. The van der Waals surface area contributed by atoms with Crippen molar-refractivity contribution in [3.8, 4) is 0 Å². The molecule has 1 unspecified atom stereocenters. The molecular weight excluding hydrogens is 382 g/mol. The van der Waals surface area contributed by atoms with E-state index in [9.17, 15) is 4.79 Å². The Bertz CT molecular complexity index is 792. The van der Waals surface area contributed by atoms with Crippen molar-refractivity contribution in [2.24, 2.45) is 10.9 Å². The normalized spacial score (nSPS) is 13.1. The van der Waals surface area contributed by atoms with Gasteiger partial charge in [0.1, 0.15) is 0 Å². The Labute approximate surface area is 189 Å². The van der Waals surface area contributed by atoms with Gasteiger partial charge in [0.15, 0.2) is 5.78 Å². The number of hydrogen-bond acceptors (Lipinski definition) is 4. The smallest absolute Gasteiger partial charge is 0.158 e. The van der Waals surface area contributed by atoms with E-state index in [1.807, 2.05) is 46.0 Å². The highest BCUT2D eigenvalue weighted by Crippen LogP contribution is 2.32. The van der Waals surface area contributed by atoms with Crippen LogP contribution in [-0.4, -0.2) is 32.6 Å². The van der Waals surface area contributed by atoms with E-state index in [1.54, 1.807) is 0 Å². The number of ketones is 1. The van der Waals surface area contributed by atoms with Crippen LogP contribution in [0.1, 0.15) is 58.9 Å². The van der Waals surface area contributed by atoms with Crippen LogP contribution >= 0.6 is 0 Å². The molecule has 1 atom stereocenters. The average Bonchev–Trinajstić information content (AvgIpc) is 2.79. The average molecular weight is 424 g/mol. The molecule has 0 amide bonds. The summed E-state index contributed by atoms with van der Waals surface area (Å²) in [5, 5.41) is 3.23. The Morgan fingerprint density at radius 3 is 2.61 bits per heavy atom. The number of carbonyl (C=O) groups excluding carboxylic acids is 1. The van der Waals surface area contributed by atoms with Gasteiger partial charge in [0.2, 0.25) is 0 Å². The molecular formula is C27H41N3O. The summed E-state index contributed by atoms with van der Waals surface area (Å²) >= 11 is 0.